The van der Waals surface area contributed by atoms with Gasteiger partial charge < -0.3 is 24.7 Å². The number of hydrogen-bond acceptors (Lipinski definition) is 5. The summed E-state index contributed by atoms with van der Waals surface area (Å²) < 4.78 is 21.1. The summed E-state index contributed by atoms with van der Waals surface area (Å²) in [6.45, 7) is 3.36. The smallest absolute Gasteiger partial charge is 0.119 e. The van der Waals surface area contributed by atoms with E-state index in [2.05, 4.69) is 0 Å². The van der Waals surface area contributed by atoms with Gasteiger partial charge in [0.2, 0.25) is 0 Å². The van der Waals surface area contributed by atoms with Crippen molar-refractivity contribution in [2.24, 2.45) is 5.73 Å². The van der Waals surface area contributed by atoms with E-state index in [4.69, 9.17) is 36.9 Å². The van der Waals surface area contributed by atoms with Gasteiger partial charge in [-0.25, -0.2) is 0 Å². The third kappa shape index (κ3) is 9.36. The van der Waals surface area contributed by atoms with E-state index in [0.29, 0.717) is 51.1 Å². The molecule has 0 spiro atoms. The predicted octanol–water partition coefficient (Wildman–Crippen LogP) is 1.57. The van der Waals surface area contributed by atoms with Crippen LogP contribution in [-0.4, -0.2) is 51.7 Å². The zero-order chi connectivity index (χ0) is 15.3. The number of hydrogen-bond donors (Lipinski definition) is 1. The van der Waals surface area contributed by atoms with Crippen LogP contribution in [-0.2, 0) is 20.6 Å². The van der Waals surface area contributed by atoms with E-state index >= 15 is 0 Å². The zero-order valence-corrected chi connectivity index (χ0v) is 13.2. The lowest BCUT2D eigenvalue weighted by molar-refractivity contribution is 0.0180. The molecule has 0 aliphatic carbocycles. The molecular formula is C15H23NO4S. The van der Waals surface area contributed by atoms with Crippen LogP contribution in [0.3, 0.4) is 0 Å². The molecule has 118 valence electrons. The highest BCUT2D eigenvalue weighted by Crippen LogP contribution is 2.12. The molecule has 0 amide bonds. The van der Waals surface area contributed by atoms with Crippen LogP contribution >= 0.6 is 12.2 Å². The topological polar surface area (TPSA) is 62.9 Å². The lowest BCUT2D eigenvalue weighted by atomic mass is 10.1. The largest absolute Gasteiger partial charge is 0.491 e. The minimum atomic E-state index is 0.491. The quantitative estimate of drug-likeness (QED) is 0.467. The third-order valence-corrected chi connectivity index (χ3v) is 2.75. The van der Waals surface area contributed by atoms with Crippen molar-refractivity contribution in [3.05, 3.63) is 29.8 Å². The number of thiocarbonyl (C=S) groups is 1. The highest BCUT2D eigenvalue weighted by atomic mass is 32.1. The Morgan fingerprint density at radius 2 is 1.52 bits per heavy atom. The summed E-state index contributed by atoms with van der Waals surface area (Å²) >= 11 is 4.87. The molecule has 0 saturated carbocycles. The van der Waals surface area contributed by atoms with E-state index in [-0.39, 0.29) is 0 Å². The molecule has 0 bridgehead atoms. The summed E-state index contributed by atoms with van der Waals surface area (Å²) in [7, 11) is 1.65. The summed E-state index contributed by atoms with van der Waals surface area (Å²) in [5.41, 5.74) is 6.58. The molecule has 0 saturated heterocycles. The minimum Gasteiger partial charge on any atom is -0.491 e. The molecule has 0 aromatic heterocycles. The summed E-state index contributed by atoms with van der Waals surface area (Å²) in [5.74, 6) is 0.807. The molecule has 0 aliphatic rings. The monoisotopic (exact) mass is 313 g/mol. The van der Waals surface area contributed by atoms with Gasteiger partial charge in [-0.3, -0.25) is 0 Å². The lowest BCUT2D eigenvalue weighted by Gasteiger charge is -2.08. The van der Waals surface area contributed by atoms with Gasteiger partial charge in [0.05, 0.1) is 38.0 Å². The van der Waals surface area contributed by atoms with Crippen molar-refractivity contribution in [1.82, 2.24) is 0 Å². The van der Waals surface area contributed by atoms with Crippen LogP contribution < -0.4 is 10.5 Å². The molecule has 0 unspecified atom stereocenters. The van der Waals surface area contributed by atoms with Crippen LogP contribution in [0.4, 0.5) is 0 Å². The van der Waals surface area contributed by atoms with Gasteiger partial charge >= 0.3 is 0 Å². The summed E-state index contributed by atoms with van der Waals surface area (Å²) in [5, 5.41) is 0. The second kappa shape index (κ2) is 11.4. The fourth-order valence-corrected chi connectivity index (χ4v) is 1.75. The van der Waals surface area contributed by atoms with E-state index in [1.807, 2.05) is 24.3 Å². The van der Waals surface area contributed by atoms with Crippen LogP contribution in [0.15, 0.2) is 24.3 Å². The molecule has 0 atom stereocenters. The minimum absolute atomic E-state index is 0.491. The Morgan fingerprint density at radius 3 is 2.10 bits per heavy atom. The fourth-order valence-electron chi connectivity index (χ4n) is 1.59. The molecule has 1 rings (SSSR count). The van der Waals surface area contributed by atoms with Crippen molar-refractivity contribution in [3.8, 4) is 5.75 Å². The maximum atomic E-state index is 5.56. The van der Waals surface area contributed by atoms with Crippen LogP contribution in [0.1, 0.15) is 5.56 Å². The Morgan fingerprint density at radius 1 is 0.952 bits per heavy atom. The molecular weight excluding hydrogens is 290 g/mol. The van der Waals surface area contributed by atoms with Crippen LogP contribution in [0, 0.1) is 0 Å². The average molecular weight is 313 g/mol. The van der Waals surface area contributed by atoms with Gasteiger partial charge in [-0.1, -0.05) is 24.4 Å². The van der Waals surface area contributed by atoms with Crippen molar-refractivity contribution in [1.29, 1.82) is 0 Å². The molecule has 0 heterocycles. The Balaban J connectivity index is 2.03. The van der Waals surface area contributed by atoms with Crippen LogP contribution in [0.2, 0.25) is 0 Å². The number of methoxy groups -OCH3 is 1. The second-order valence-corrected chi connectivity index (χ2v) is 4.88. The molecule has 5 nitrogen and oxygen atoms in total. The fraction of sp³-hybridized carbons (Fsp3) is 0.533. The first kappa shape index (κ1) is 17.8. The van der Waals surface area contributed by atoms with Gasteiger partial charge in [0.1, 0.15) is 12.4 Å². The molecule has 21 heavy (non-hydrogen) atoms. The maximum absolute atomic E-state index is 5.56. The Bertz CT molecular complexity index is 397. The molecule has 2 N–H and O–H groups in total. The van der Waals surface area contributed by atoms with Gasteiger partial charge in [0.25, 0.3) is 0 Å². The standard InChI is InChI=1S/C15H23NO4S/c1-17-6-7-18-8-9-19-10-11-20-14-4-2-13(3-5-14)12-15(16)21/h2-5H,6-12H2,1H3,(H2,16,21). The first-order chi connectivity index (χ1) is 10.2. The predicted molar refractivity (Wildman–Crippen MR) is 85.9 cm³/mol. The Kier molecular flexibility index (Phi) is 9.73. The molecule has 0 aliphatic heterocycles. The number of benzene rings is 1. The van der Waals surface area contributed by atoms with E-state index in [1.54, 1.807) is 7.11 Å². The first-order valence-corrected chi connectivity index (χ1v) is 7.27. The van der Waals surface area contributed by atoms with E-state index in [1.165, 1.54) is 0 Å². The molecule has 0 fully saturated rings. The van der Waals surface area contributed by atoms with Crippen molar-refractivity contribution in [2.45, 2.75) is 6.42 Å². The highest BCUT2D eigenvalue weighted by molar-refractivity contribution is 7.80. The van der Waals surface area contributed by atoms with Crippen LogP contribution in [0.5, 0.6) is 5.75 Å². The number of ether oxygens (including phenoxy) is 4. The Labute approximate surface area is 131 Å². The van der Waals surface area contributed by atoms with Gasteiger partial charge in [0, 0.05) is 13.5 Å². The second-order valence-electron chi connectivity index (χ2n) is 4.35. The number of rotatable bonds is 12. The van der Waals surface area contributed by atoms with E-state index in [0.717, 1.165) is 11.3 Å². The normalized spacial score (nSPS) is 10.5. The van der Waals surface area contributed by atoms with Crippen molar-refractivity contribution in [2.75, 3.05) is 46.8 Å². The number of nitrogens with two attached hydrogens (primary N) is 1. The zero-order valence-electron chi connectivity index (χ0n) is 12.4. The summed E-state index contributed by atoms with van der Waals surface area (Å²) in [6, 6.07) is 7.72. The molecule has 1 aromatic carbocycles. The van der Waals surface area contributed by atoms with E-state index < -0.39 is 0 Å². The maximum Gasteiger partial charge on any atom is 0.119 e. The highest BCUT2D eigenvalue weighted by Gasteiger charge is 1.97. The Hall–Kier alpha value is -1.21. The van der Waals surface area contributed by atoms with Gasteiger partial charge in [-0.05, 0) is 17.7 Å². The SMILES string of the molecule is COCCOCCOCCOc1ccc(CC(N)=S)cc1. The molecule has 6 heteroatoms. The van der Waals surface area contributed by atoms with E-state index in [9.17, 15) is 0 Å². The summed E-state index contributed by atoms with van der Waals surface area (Å²) in [4.78, 5) is 0.491. The summed E-state index contributed by atoms with van der Waals surface area (Å²) in [6.07, 6.45) is 0.613. The van der Waals surface area contributed by atoms with Crippen LogP contribution in [0.25, 0.3) is 0 Å². The van der Waals surface area contributed by atoms with Crippen molar-refractivity contribution < 1.29 is 18.9 Å². The first-order valence-electron chi connectivity index (χ1n) is 6.87. The van der Waals surface area contributed by atoms with Crippen molar-refractivity contribution in [3.63, 3.8) is 0 Å². The van der Waals surface area contributed by atoms with Crippen molar-refractivity contribution >= 4 is 17.2 Å². The molecule has 1 aromatic rings. The van der Waals surface area contributed by atoms with Gasteiger partial charge in [-0.15, -0.1) is 0 Å². The third-order valence-electron chi connectivity index (χ3n) is 2.60. The molecule has 0 radical (unpaired) electrons. The van der Waals surface area contributed by atoms with Gasteiger partial charge in [-0.2, -0.15) is 0 Å². The van der Waals surface area contributed by atoms with Gasteiger partial charge in [0.15, 0.2) is 0 Å². The average Bonchev–Trinajstić information content (AvgIpc) is 2.47. The lowest BCUT2D eigenvalue weighted by Crippen LogP contribution is -2.12.